The van der Waals surface area contributed by atoms with Crippen molar-refractivity contribution in [2.75, 3.05) is 33.3 Å². The number of ether oxygens (including phenoxy) is 1. The molecule has 0 fully saturated rings. The summed E-state index contributed by atoms with van der Waals surface area (Å²) in [5, 5.41) is 9.63. The second-order valence-corrected chi connectivity index (χ2v) is 12.8. The summed E-state index contributed by atoms with van der Waals surface area (Å²) >= 11 is 0. The number of amidine groups is 1. The lowest BCUT2D eigenvalue weighted by Gasteiger charge is -2.18. The van der Waals surface area contributed by atoms with E-state index >= 15 is 0 Å². The fraction of sp³-hybridized carbons (Fsp3) is 0.273. The molecule has 0 unspecified atom stereocenters. The van der Waals surface area contributed by atoms with Crippen LogP contribution in [0.2, 0.25) is 0 Å². The summed E-state index contributed by atoms with van der Waals surface area (Å²) in [6.07, 6.45) is 2.14. The van der Waals surface area contributed by atoms with Gasteiger partial charge in [0.15, 0.2) is 5.84 Å². The molecule has 6 rings (SSSR count). The second-order valence-electron chi connectivity index (χ2n) is 12.8. The molecule has 0 saturated carbocycles. The fourth-order valence-electron chi connectivity index (χ4n) is 6.41. The van der Waals surface area contributed by atoms with Gasteiger partial charge in [0.05, 0.1) is 19.4 Å². The van der Waals surface area contributed by atoms with E-state index in [9.17, 15) is 5.11 Å². The Labute approximate surface area is 302 Å². The molecule has 1 aliphatic heterocycles. The molecule has 1 aromatic heterocycles. The normalized spacial score (nSPS) is 13.7. The first-order valence-electron chi connectivity index (χ1n) is 18.0. The number of aliphatic hydroxyl groups excluding tert-OH is 1. The van der Waals surface area contributed by atoms with E-state index in [2.05, 4.69) is 103 Å². The van der Waals surface area contributed by atoms with Crippen molar-refractivity contribution in [2.45, 2.75) is 47.4 Å². The number of allylic oxidation sites excluding steroid dienone is 1. The Hall–Kier alpha value is -5.08. The van der Waals surface area contributed by atoms with E-state index in [0.29, 0.717) is 5.84 Å². The lowest BCUT2D eigenvalue weighted by atomic mass is 10.0. The van der Waals surface area contributed by atoms with Crippen molar-refractivity contribution < 1.29 is 9.84 Å². The van der Waals surface area contributed by atoms with Crippen LogP contribution >= 0.6 is 0 Å². The number of aliphatic hydroxyl groups is 1. The summed E-state index contributed by atoms with van der Waals surface area (Å²) in [6, 6.07) is 35.8. The Morgan fingerprint density at radius 3 is 1.69 bits per heavy atom. The van der Waals surface area contributed by atoms with Gasteiger partial charge in [-0.3, -0.25) is 9.80 Å². The predicted octanol–water partition coefficient (Wildman–Crippen LogP) is 9.15. The Bertz CT molecular complexity index is 1980. The first-order valence-corrected chi connectivity index (χ1v) is 18.0. The quantitative estimate of drug-likeness (QED) is 0.116. The van der Waals surface area contributed by atoms with E-state index in [4.69, 9.17) is 14.7 Å². The first kappa shape index (κ1) is 35.7. The number of aromatic nitrogens is 1. The maximum absolute atomic E-state index is 9.63. The van der Waals surface area contributed by atoms with Gasteiger partial charge in [0, 0.05) is 35.5 Å². The van der Waals surface area contributed by atoms with Gasteiger partial charge in [-0.15, -0.1) is 0 Å². The van der Waals surface area contributed by atoms with Crippen LogP contribution in [-0.2, 0) is 19.7 Å². The maximum atomic E-state index is 9.63. The lowest BCUT2D eigenvalue weighted by molar-refractivity contribution is 0.282. The Balaban J connectivity index is 1.44. The number of hydrogen-bond donors (Lipinski definition) is 2. The molecule has 0 radical (unpaired) electrons. The number of aliphatic imine (C=N–C) groups is 2. The minimum absolute atomic E-state index is 0.00901. The average Bonchev–Trinajstić information content (AvgIpc) is 3.81. The van der Waals surface area contributed by atoms with E-state index in [0.717, 1.165) is 101 Å². The van der Waals surface area contributed by atoms with Crippen LogP contribution in [0.3, 0.4) is 0 Å². The molecule has 4 aromatic carbocycles. The highest BCUT2D eigenvalue weighted by atomic mass is 16.5. The van der Waals surface area contributed by atoms with Crippen LogP contribution in [0.1, 0.15) is 55.5 Å². The standard InChI is InChI=1S/C44H49N5O2/c1-6-48(7-2)28-31-10-16-34(17-11-31)39-26-41(36-20-14-33(30-50)15-21-36)45-43(39)47-44-40(27-42(46-44)37-22-24-38(51-5)25-23-37)35-18-12-32(13-19-35)29-49(8-3)9-4/h10-27,45,50H,6-9,28-30H2,1-5H3/b47-44-. The monoisotopic (exact) mass is 679 g/mol. The molecule has 0 amide bonds. The van der Waals surface area contributed by atoms with Crippen LogP contribution in [0.15, 0.2) is 119 Å². The molecule has 2 heterocycles. The van der Waals surface area contributed by atoms with Crippen molar-refractivity contribution in [3.05, 3.63) is 137 Å². The summed E-state index contributed by atoms with van der Waals surface area (Å²) in [6.45, 7) is 14.7. The summed E-state index contributed by atoms with van der Waals surface area (Å²) in [4.78, 5) is 18.9. The van der Waals surface area contributed by atoms with Gasteiger partial charge < -0.3 is 14.8 Å². The highest BCUT2D eigenvalue weighted by Crippen LogP contribution is 2.37. The van der Waals surface area contributed by atoms with Crippen LogP contribution < -0.4 is 4.74 Å². The molecular weight excluding hydrogens is 631 g/mol. The summed E-state index contributed by atoms with van der Waals surface area (Å²) in [5.74, 6) is 2.20. The van der Waals surface area contributed by atoms with E-state index in [1.54, 1.807) is 7.11 Å². The van der Waals surface area contributed by atoms with Crippen LogP contribution in [0.4, 0.5) is 5.82 Å². The van der Waals surface area contributed by atoms with E-state index in [1.165, 1.54) is 11.1 Å². The SMILES string of the molecule is CCN(CC)Cc1ccc(C2=CC(c3ccc(OC)cc3)=N/C2=N\c2[nH]c(-c3ccc(CO)cc3)cc2-c2ccc(CN(CC)CC)cc2)cc1. The third-order valence-corrected chi connectivity index (χ3v) is 9.73. The van der Waals surface area contributed by atoms with Gasteiger partial charge >= 0.3 is 0 Å². The average molecular weight is 680 g/mol. The Morgan fingerprint density at radius 1 is 0.647 bits per heavy atom. The number of nitrogens with zero attached hydrogens (tertiary/aromatic N) is 4. The molecule has 0 saturated heterocycles. The van der Waals surface area contributed by atoms with Crippen molar-refractivity contribution in [1.29, 1.82) is 0 Å². The number of rotatable bonds is 15. The van der Waals surface area contributed by atoms with Gasteiger partial charge in [0.2, 0.25) is 0 Å². The molecule has 0 bridgehead atoms. The van der Waals surface area contributed by atoms with Crippen molar-refractivity contribution in [3.63, 3.8) is 0 Å². The number of methoxy groups -OCH3 is 1. The third kappa shape index (κ3) is 8.46. The van der Waals surface area contributed by atoms with Gasteiger partial charge in [0.1, 0.15) is 11.6 Å². The number of H-pyrrole nitrogens is 1. The highest BCUT2D eigenvalue weighted by Gasteiger charge is 2.21. The van der Waals surface area contributed by atoms with Gasteiger partial charge in [-0.05, 0) is 96.0 Å². The first-order chi connectivity index (χ1) is 24.9. The predicted molar refractivity (Wildman–Crippen MR) is 212 cm³/mol. The number of nitrogens with one attached hydrogen (secondary N) is 1. The zero-order chi connectivity index (χ0) is 35.7. The highest BCUT2D eigenvalue weighted by molar-refractivity contribution is 6.38. The van der Waals surface area contributed by atoms with Crippen LogP contribution in [0.25, 0.3) is 28.0 Å². The zero-order valence-electron chi connectivity index (χ0n) is 30.5. The van der Waals surface area contributed by atoms with Crippen molar-refractivity contribution in [1.82, 2.24) is 14.8 Å². The summed E-state index contributed by atoms with van der Waals surface area (Å²) in [7, 11) is 1.68. The van der Waals surface area contributed by atoms with Crippen molar-refractivity contribution in [2.24, 2.45) is 9.98 Å². The fourth-order valence-corrected chi connectivity index (χ4v) is 6.41. The van der Waals surface area contributed by atoms with Gasteiger partial charge in [-0.25, -0.2) is 9.98 Å². The number of benzene rings is 4. The summed E-state index contributed by atoms with van der Waals surface area (Å²) in [5.41, 5.74) is 11.4. The molecule has 5 aromatic rings. The van der Waals surface area contributed by atoms with Crippen LogP contribution in [0, 0.1) is 0 Å². The second kappa shape index (κ2) is 16.8. The minimum atomic E-state index is 0.00901. The van der Waals surface area contributed by atoms with Crippen LogP contribution in [0.5, 0.6) is 5.75 Å². The Kier molecular flexibility index (Phi) is 11.7. The molecule has 1 aliphatic rings. The topological polar surface area (TPSA) is 76.4 Å². The maximum Gasteiger partial charge on any atom is 0.162 e. The van der Waals surface area contributed by atoms with Crippen molar-refractivity contribution >= 4 is 22.9 Å². The largest absolute Gasteiger partial charge is 0.497 e. The van der Waals surface area contributed by atoms with Crippen LogP contribution in [-0.4, -0.2) is 64.7 Å². The van der Waals surface area contributed by atoms with Gasteiger partial charge in [-0.2, -0.15) is 0 Å². The van der Waals surface area contributed by atoms with Gasteiger partial charge in [0.25, 0.3) is 0 Å². The lowest BCUT2D eigenvalue weighted by Crippen LogP contribution is -2.22. The zero-order valence-corrected chi connectivity index (χ0v) is 30.5. The summed E-state index contributed by atoms with van der Waals surface area (Å²) < 4.78 is 5.42. The molecule has 51 heavy (non-hydrogen) atoms. The third-order valence-electron chi connectivity index (χ3n) is 9.73. The number of aromatic amines is 1. The number of hydrogen-bond acceptors (Lipinski definition) is 5. The molecule has 7 heteroatoms. The molecule has 7 nitrogen and oxygen atoms in total. The molecule has 0 aliphatic carbocycles. The van der Waals surface area contributed by atoms with Crippen molar-refractivity contribution in [3.8, 4) is 28.1 Å². The Morgan fingerprint density at radius 2 is 1.16 bits per heavy atom. The minimum Gasteiger partial charge on any atom is -0.497 e. The molecule has 0 atom stereocenters. The van der Waals surface area contributed by atoms with E-state index in [1.807, 2.05) is 48.5 Å². The molecule has 0 spiro atoms. The molecule has 262 valence electrons. The van der Waals surface area contributed by atoms with E-state index < -0.39 is 0 Å². The smallest absolute Gasteiger partial charge is 0.162 e. The van der Waals surface area contributed by atoms with E-state index in [-0.39, 0.29) is 6.61 Å². The molecular formula is C44H49N5O2. The van der Waals surface area contributed by atoms with Gasteiger partial charge in [-0.1, -0.05) is 100 Å². The molecule has 2 N–H and O–H groups in total.